The number of methoxy groups -OCH3 is 1. The first-order valence-electron chi connectivity index (χ1n) is 5.77. The number of carbonyl (C=O) groups excluding carboxylic acids is 2. The number of carboxylic acid groups (broad SMARTS) is 1. The van der Waals surface area contributed by atoms with Crippen molar-refractivity contribution in [2.24, 2.45) is 0 Å². The van der Waals surface area contributed by atoms with Crippen LogP contribution in [0.3, 0.4) is 0 Å². The molecule has 20 heavy (non-hydrogen) atoms. The van der Waals surface area contributed by atoms with Crippen LogP contribution in [-0.2, 0) is 19.1 Å². The summed E-state index contributed by atoms with van der Waals surface area (Å²) in [5.74, 6) is -2.67. The van der Waals surface area contributed by atoms with Crippen molar-refractivity contribution in [1.82, 2.24) is 4.90 Å². The van der Waals surface area contributed by atoms with Crippen LogP contribution in [0.5, 0.6) is 0 Å². The average Bonchev–Trinajstić information content (AvgIpc) is 2.65. The second kappa shape index (κ2) is 4.60. The second-order valence-corrected chi connectivity index (χ2v) is 8.27. The van der Waals surface area contributed by atoms with E-state index in [2.05, 4.69) is 20.7 Å². The summed E-state index contributed by atoms with van der Waals surface area (Å²) in [6.07, 6.45) is -1.68. The number of halogens is 1. The molecule has 112 valence electrons. The third-order valence-corrected chi connectivity index (χ3v) is 6.75. The van der Waals surface area contributed by atoms with E-state index in [0.29, 0.717) is 0 Å². The van der Waals surface area contributed by atoms with Gasteiger partial charge in [0, 0.05) is 4.75 Å². The fourth-order valence-corrected chi connectivity index (χ4v) is 5.12. The van der Waals surface area contributed by atoms with Gasteiger partial charge in [-0.15, -0.1) is 11.8 Å². The number of carboxylic acids is 1. The minimum atomic E-state index is -1.68. The number of hydrogen-bond donors (Lipinski definition) is 2. The van der Waals surface area contributed by atoms with Crippen molar-refractivity contribution >= 4 is 45.5 Å². The van der Waals surface area contributed by atoms with Gasteiger partial charge in [-0.25, -0.2) is 9.59 Å². The Morgan fingerprint density at radius 3 is 2.50 bits per heavy atom. The van der Waals surface area contributed by atoms with Gasteiger partial charge in [0.25, 0.3) is 0 Å². The molecule has 2 heterocycles. The van der Waals surface area contributed by atoms with Crippen LogP contribution in [0, 0.1) is 0 Å². The Kier molecular flexibility index (Phi) is 3.59. The van der Waals surface area contributed by atoms with Crippen molar-refractivity contribution in [3.05, 3.63) is 0 Å². The molecule has 0 spiro atoms. The molecule has 2 unspecified atom stereocenters. The molecule has 0 radical (unpaired) electrons. The number of thioether (sulfide) groups is 1. The normalized spacial score (nSPS) is 36.0. The van der Waals surface area contributed by atoms with Gasteiger partial charge in [0.15, 0.2) is 10.4 Å². The topological polar surface area (TPSA) is 104 Å². The van der Waals surface area contributed by atoms with Crippen molar-refractivity contribution in [3.8, 4) is 0 Å². The molecular weight excluding hydrogens is 354 g/mol. The van der Waals surface area contributed by atoms with Gasteiger partial charge in [0.05, 0.1) is 7.11 Å². The Morgan fingerprint density at radius 2 is 2.05 bits per heavy atom. The van der Waals surface area contributed by atoms with Crippen LogP contribution in [0.1, 0.15) is 13.8 Å². The highest BCUT2D eigenvalue weighted by Crippen LogP contribution is 2.59. The number of aliphatic hydroxyl groups is 1. The second-order valence-electron chi connectivity index (χ2n) is 5.22. The maximum atomic E-state index is 12.3. The number of amides is 1. The Morgan fingerprint density at radius 1 is 1.50 bits per heavy atom. The van der Waals surface area contributed by atoms with Crippen LogP contribution < -0.4 is 0 Å². The maximum absolute atomic E-state index is 12.3. The Bertz CT molecular complexity index is 497. The quantitative estimate of drug-likeness (QED) is 0.404. The van der Waals surface area contributed by atoms with Crippen molar-refractivity contribution in [2.45, 2.75) is 40.4 Å². The van der Waals surface area contributed by atoms with E-state index < -0.39 is 44.4 Å². The lowest BCUT2D eigenvalue weighted by Crippen LogP contribution is -2.75. The highest BCUT2D eigenvalue weighted by Gasteiger charge is 2.74. The third-order valence-electron chi connectivity index (χ3n) is 3.58. The molecule has 2 aliphatic rings. The zero-order valence-corrected chi connectivity index (χ0v) is 13.4. The largest absolute Gasteiger partial charge is 0.480 e. The molecule has 2 fully saturated rings. The molecule has 2 saturated heterocycles. The summed E-state index contributed by atoms with van der Waals surface area (Å²) in [7, 11) is 1.11. The van der Waals surface area contributed by atoms with Crippen LogP contribution in [-0.4, -0.2) is 66.7 Å². The first-order valence-corrected chi connectivity index (χ1v) is 7.44. The zero-order chi connectivity index (χ0) is 15.5. The molecule has 2 aliphatic heterocycles. The average molecular weight is 368 g/mol. The monoisotopic (exact) mass is 367 g/mol. The minimum Gasteiger partial charge on any atom is -0.480 e. The van der Waals surface area contributed by atoms with Crippen LogP contribution in [0.25, 0.3) is 0 Å². The summed E-state index contributed by atoms with van der Waals surface area (Å²) in [5.41, 5.74) is 0. The van der Waals surface area contributed by atoms with Crippen LogP contribution in [0.15, 0.2) is 0 Å². The third kappa shape index (κ3) is 1.79. The van der Waals surface area contributed by atoms with Crippen molar-refractivity contribution < 1.29 is 29.3 Å². The number of β-lactam (4-membered cyclic amide) rings is 1. The molecule has 2 N–H and O–H groups in total. The lowest BCUT2D eigenvalue weighted by Gasteiger charge is -2.50. The number of ether oxygens (including phenoxy) is 1. The van der Waals surface area contributed by atoms with Gasteiger partial charge in [0.1, 0.15) is 11.4 Å². The summed E-state index contributed by atoms with van der Waals surface area (Å²) in [5, 5.41) is 18.6. The number of carbonyl (C=O) groups is 3. The van der Waals surface area contributed by atoms with Crippen LogP contribution in [0.2, 0.25) is 0 Å². The van der Waals surface area contributed by atoms with Crippen molar-refractivity contribution in [3.63, 3.8) is 0 Å². The predicted molar refractivity (Wildman–Crippen MR) is 73.4 cm³/mol. The molecule has 1 amide bonds. The molecule has 0 saturated carbocycles. The van der Waals surface area contributed by atoms with Crippen LogP contribution >= 0.6 is 27.7 Å². The van der Waals surface area contributed by atoms with E-state index in [4.69, 9.17) is 0 Å². The number of aliphatic hydroxyl groups excluding tert-OH is 1. The summed E-state index contributed by atoms with van der Waals surface area (Å²) >= 11 is 4.35. The molecule has 0 aliphatic carbocycles. The molecular formula is C11H14BrNO6S. The van der Waals surface area contributed by atoms with Gasteiger partial charge in [-0.3, -0.25) is 4.79 Å². The van der Waals surface area contributed by atoms with E-state index >= 15 is 0 Å². The first-order chi connectivity index (χ1) is 9.09. The molecule has 0 aromatic carbocycles. The SMILES string of the molecule is COC(=O)C(O)C1(Br)C(=O)N2[C@@H](C(=O)O)C(C)(C)S[C@@H]21. The highest BCUT2D eigenvalue weighted by molar-refractivity contribution is 9.10. The Balaban J connectivity index is 2.35. The molecule has 2 rings (SSSR count). The lowest BCUT2D eigenvalue weighted by molar-refractivity contribution is -0.171. The van der Waals surface area contributed by atoms with E-state index in [1.165, 1.54) is 16.7 Å². The molecule has 7 nitrogen and oxygen atoms in total. The maximum Gasteiger partial charge on any atom is 0.336 e. The molecule has 0 aromatic heterocycles. The van der Waals surface area contributed by atoms with Gasteiger partial charge in [-0.05, 0) is 13.8 Å². The smallest absolute Gasteiger partial charge is 0.336 e. The summed E-state index contributed by atoms with van der Waals surface area (Å²) in [6.45, 7) is 3.42. The number of hydrogen-bond acceptors (Lipinski definition) is 6. The van der Waals surface area contributed by atoms with Gasteiger partial charge in [-0.2, -0.15) is 0 Å². The van der Waals surface area contributed by atoms with Crippen molar-refractivity contribution in [1.29, 1.82) is 0 Å². The fraction of sp³-hybridized carbons (Fsp3) is 0.727. The molecule has 0 aromatic rings. The highest BCUT2D eigenvalue weighted by atomic mass is 79.9. The van der Waals surface area contributed by atoms with Gasteiger partial charge < -0.3 is 19.8 Å². The van der Waals surface area contributed by atoms with E-state index in [0.717, 1.165) is 7.11 Å². The fourth-order valence-electron chi connectivity index (χ4n) is 2.58. The number of esters is 1. The lowest BCUT2D eigenvalue weighted by atomic mass is 9.87. The molecule has 4 atom stereocenters. The van der Waals surface area contributed by atoms with Gasteiger partial charge >= 0.3 is 11.9 Å². The Hall–Kier alpha value is -0.800. The molecule has 9 heteroatoms. The summed E-state index contributed by atoms with van der Waals surface area (Å²) < 4.78 is 2.18. The van der Waals surface area contributed by atoms with Crippen molar-refractivity contribution in [2.75, 3.05) is 7.11 Å². The van der Waals surface area contributed by atoms with Gasteiger partial charge in [-0.1, -0.05) is 15.9 Å². The standard InChI is InChI=1S/C11H14BrNO6S/c1-10(2)4(6(15)16)13-8(18)11(12,9(13)20-10)5(14)7(17)19-3/h4-5,9,14H,1-3H3,(H,15,16)/t4-,5?,9+,11?/m0/s1. The van der Waals surface area contributed by atoms with E-state index in [1.54, 1.807) is 13.8 Å². The zero-order valence-electron chi connectivity index (χ0n) is 11.0. The Labute approximate surface area is 127 Å². The number of aliphatic carboxylic acids is 1. The van der Waals surface area contributed by atoms with E-state index in [9.17, 15) is 24.6 Å². The molecule has 0 bridgehead atoms. The number of alkyl halides is 1. The van der Waals surface area contributed by atoms with E-state index in [1.807, 2.05) is 0 Å². The van der Waals surface area contributed by atoms with Gasteiger partial charge in [0.2, 0.25) is 5.91 Å². The number of nitrogens with zero attached hydrogens (tertiary/aromatic N) is 1. The predicted octanol–water partition coefficient (Wildman–Crippen LogP) is -0.199. The summed E-state index contributed by atoms with van der Waals surface area (Å²) in [4.78, 5) is 36.3. The van der Waals surface area contributed by atoms with Crippen LogP contribution in [0.4, 0.5) is 0 Å². The number of fused-ring (bicyclic) bond motifs is 1. The minimum absolute atomic E-state index is 0.620. The summed E-state index contributed by atoms with van der Waals surface area (Å²) in [6, 6.07) is -1.000. The van der Waals surface area contributed by atoms with E-state index in [-0.39, 0.29) is 0 Å². The first kappa shape index (κ1) is 15.6. The number of rotatable bonds is 3.